The lowest BCUT2D eigenvalue weighted by Gasteiger charge is -2.37. The molecule has 1 unspecified atom stereocenters. The van der Waals surface area contributed by atoms with Gasteiger partial charge in [-0.05, 0) is 19.3 Å². The molecule has 0 saturated carbocycles. The molecule has 0 aromatic carbocycles. The van der Waals surface area contributed by atoms with Gasteiger partial charge in [0.15, 0.2) is 0 Å². The van der Waals surface area contributed by atoms with Gasteiger partial charge in [-0.1, -0.05) is 26.1 Å². The first-order valence-electron chi connectivity index (χ1n) is 6.75. The summed E-state index contributed by atoms with van der Waals surface area (Å²) in [4.78, 5) is 2.60. The molecular weight excluding hydrogens is 282 g/mol. The molecule has 1 fully saturated rings. The molecule has 112 valence electrons. The van der Waals surface area contributed by atoms with Crippen molar-refractivity contribution in [1.29, 1.82) is 0 Å². The van der Waals surface area contributed by atoms with Crippen LogP contribution in [0.1, 0.15) is 27.2 Å². The third kappa shape index (κ3) is 4.98. The normalized spacial score (nSPS) is 20.6. The minimum absolute atomic E-state index is 0.0375. The van der Waals surface area contributed by atoms with Gasteiger partial charge >= 0.3 is 0 Å². The smallest absolute Gasteiger partial charge is 0.214 e. The quantitative estimate of drug-likeness (QED) is 0.730. The van der Waals surface area contributed by atoms with Gasteiger partial charge in [0.2, 0.25) is 10.0 Å². The van der Waals surface area contributed by atoms with Crippen LogP contribution in [0.3, 0.4) is 0 Å². The van der Waals surface area contributed by atoms with Crippen LogP contribution in [0.5, 0.6) is 0 Å². The number of hydrogen-bond donors (Lipinski definition) is 1. The van der Waals surface area contributed by atoms with E-state index in [4.69, 9.17) is 18.0 Å². The second kappa shape index (κ2) is 6.97. The minimum Gasteiger partial charge on any atom is -0.392 e. The van der Waals surface area contributed by atoms with E-state index in [-0.39, 0.29) is 11.8 Å². The molecule has 19 heavy (non-hydrogen) atoms. The molecule has 0 bridgehead atoms. The van der Waals surface area contributed by atoms with Gasteiger partial charge in [0.05, 0.1) is 16.8 Å². The van der Waals surface area contributed by atoms with Crippen LogP contribution < -0.4 is 5.73 Å². The third-order valence-electron chi connectivity index (χ3n) is 3.58. The molecule has 0 spiro atoms. The Morgan fingerprint density at radius 1 is 1.21 bits per heavy atom. The van der Waals surface area contributed by atoms with E-state index in [0.29, 0.717) is 43.5 Å². The van der Waals surface area contributed by atoms with Gasteiger partial charge in [0.25, 0.3) is 0 Å². The highest BCUT2D eigenvalue weighted by molar-refractivity contribution is 7.89. The second-order valence-corrected chi connectivity index (χ2v) is 8.07. The monoisotopic (exact) mass is 307 g/mol. The molecule has 5 nitrogen and oxygen atoms in total. The van der Waals surface area contributed by atoms with Crippen molar-refractivity contribution in [2.75, 3.05) is 31.9 Å². The first-order chi connectivity index (χ1) is 8.74. The molecule has 7 heteroatoms. The van der Waals surface area contributed by atoms with Crippen LogP contribution >= 0.6 is 12.2 Å². The van der Waals surface area contributed by atoms with E-state index in [9.17, 15) is 8.42 Å². The van der Waals surface area contributed by atoms with Gasteiger partial charge in [0.1, 0.15) is 0 Å². The lowest BCUT2D eigenvalue weighted by molar-refractivity contribution is 0.174. The molecule has 0 radical (unpaired) electrons. The molecule has 1 saturated heterocycles. The van der Waals surface area contributed by atoms with Gasteiger partial charge in [0, 0.05) is 26.2 Å². The van der Waals surface area contributed by atoms with Crippen molar-refractivity contribution in [1.82, 2.24) is 9.21 Å². The molecule has 0 aromatic heterocycles. The topological polar surface area (TPSA) is 66.6 Å². The summed E-state index contributed by atoms with van der Waals surface area (Å²) in [6.07, 6.45) is 0.714. The first-order valence-corrected chi connectivity index (χ1v) is 8.77. The Labute approximate surface area is 122 Å². The van der Waals surface area contributed by atoms with E-state index >= 15 is 0 Å². The number of rotatable bonds is 6. The highest BCUT2D eigenvalue weighted by Gasteiger charge is 2.29. The van der Waals surface area contributed by atoms with Gasteiger partial charge < -0.3 is 5.73 Å². The Morgan fingerprint density at radius 2 is 1.74 bits per heavy atom. The maximum atomic E-state index is 12.2. The highest BCUT2D eigenvalue weighted by Crippen LogP contribution is 2.13. The zero-order chi connectivity index (χ0) is 14.6. The zero-order valence-electron chi connectivity index (χ0n) is 12.0. The molecule has 0 amide bonds. The maximum absolute atomic E-state index is 12.2. The Kier molecular flexibility index (Phi) is 6.16. The number of hydrogen-bond acceptors (Lipinski definition) is 4. The summed E-state index contributed by atoms with van der Waals surface area (Å²) >= 11 is 4.98. The van der Waals surface area contributed by atoms with Crippen LogP contribution in [0.25, 0.3) is 0 Å². The maximum Gasteiger partial charge on any atom is 0.214 e. The van der Waals surface area contributed by atoms with Crippen LogP contribution in [0.2, 0.25) is 0 Å². The molecular formula is C12H25N3O2S2. The fraction of sp³-hybridized carbons (Fsp3) is 0.917. The van der Waals surface area contributed by atoms with Crippen LogP contribution in [-0.2, 0) is 10.0 Å². The standard InChI is InChI=1S/C12H25N3O2S2/c1-10(2)4-9-19(16,17)15-7-5-14(6-8-15)11(3)12(13)18/h10-11H,4-9H2,1-3H3,(H2,13,18). The van der Waals surface area contributed by atoms with Gasteiger partial charge in [-0.2, -0.15) is 4.31 Å². The molecule has 1 aliphatic heterocycles. The van der Waals surface area contributed by atoms with E-state index in [1.807, 2.05) is 20.8 Å². The lowest BCUT2D eigenvalue weighted by atomic mass is 10.2. The van der Waals surface area contributed by atoms with Crippen molar-refractivity contribution < 1.29 is 8.42 Å². The summed E-state index contributed by atoms with van der Waals surface area (Å²) in [5.41, 5.74) is 5.63. The average Bonchev–Trinajstić information content (AvgIpc) is 2.35. The summed E-state index contributed by atoms with van der Waals surface area (Å²) in [6.45, 7) is 8.50. The SMILES string of the molecule is CC(C)CCS(=O)(=O)N1CCN(C(C)C(N)=S)CC1. The minimum atomic E-state index is -3.11. The Morgan fingerprint density at radius 3 is 2.16 bits per heavy atom. The number of piperazine rings is 1. The molecule has 0 aliphatic carbocycles. The lowest BCUT2D eigenvalue weighted by Crippen LogP contribution is -2.54. The van der Waals surface area contributed by atoms with Crippen molar-refractivity contribution in [3.05, 3.63) is 0 Å². The van der Waals surface area contributed by atoms with Gasteiger partial charge in [-0.25, -0.2) is 8.42 Å². The number of nitrogens with zero attached hydrogens (tertiary/aromatic N) is 2. The van der Waals surface area contributed by atoms with Gasteiger partial charge in [-0.15, -0.1) is 0 Å². The summed E-state index contributed by atoms with van der Waals surface area (Å²) < 4.78 is 25.9. The third-order valence-corrected chi connectivity index (χ3v) is 5.82. The van der Waals surface area contributed by atoms with E-state index in [1.165, 1.54) is 0 Å². The van der Waals surface area contributed by atoms with Crippen LogP contribution in [0, 0.1) is 5.92 Å². The fourth-order valence-corrected chi connectivity index (χ4v) is 3.96. The molecule has 1 heterocycles. The van der Waals surface area contributed by atoms with E-state index in [0.717, 1.165) is 0 Å². The predicted molar refractivity (Wildman–Crippen MR) is 82.6 cm³/mol. The Balaban J connectivity index is 2.51. The van der Waals surface area contributed by atoms with Crippen molar-refractivity contribution in [2.45, 2.75) is 33.2 Å². The van der Waals surface area contributed by atoms with Crippen LogP contribution in [-0.4, -0.2) is 60.6 Å². The van der Waals surface area contributed by atoms with Crippen molar-refractivity contribution >= 4 is 27.2 Å². The predicted octanol–water partition coefficient (Wildman–Crippen LogP) is 0.655. The molecule has 1 aliphatic rings. The van der Waals surface area contributed by atoms with Crippen molar-refractivity contribution in [2.24, 2.45) is 11.7 Å². The van der Waals surface area contributed by atoms with E-state index in [2.05, 4.69) is 4.90 Å². The molecule has 1 rings (SSSR count). The summed E-state index contributed by atoms with van der Waals surface area (Å²) in [5.74, 6) is 0.654. The summed E-state index contributed by atoms with van der Waals surface area (Å²) in [6, 6.07) is 0.0375. The van der Waals surface area contributed by atoms with Crippen LogP contribution in [0.4, 0.5) is 0 Å². The second-order valence-electron chi connectivity index (χ2n) is 5.51. The van der Waals surface area contributed by atoms with Crippen molar-refractivity contribution in [3.8, 4) is 0 Å². The Bertz CT molecular complexity index is 401. The van der Waals surface area contributed by atoms with E-state index < -0.39 is 10.0 Å². The first kappa shape index (κ1) is 16.8. The largest absolute Gasteiger partial charge is 0.392 e. The zero-order valence-corrected chi connectivity index (χ0v) is 13.6. The number of nitrogens with two attached hydrogens (primary N) is 1. The molecule has 2 N–H and O–H groups in total. The fourth-order valence-electron chi connectivity index (χ4n) is 2.06. The van der Waals surface area contributed by atoms with Gasteiger partial charge in [-0.3, -0.25) is 4.90 Å². The summed E-state index contributed by atoms with van der Waals surface area (Å²) in [5, 5.41) is 0. The van der Waals surface area contributed by atoms with Crippen LogP contribution in [0.15, 0.2) is 0 Å². The Hall–Kier alpha value is -0.240. The summed E-state index contributed by atoms with van der Waals surface area (Å²) in [7, 11) is -3.11. The average molecular weight is 307 g/mol. The highest BCUT2D eigenvalue weighted by atomic mass is 32.2. The van der Waals surface area contributed by atoms with E-state index in [1.54, 1.807) is 4.31 Å². The number of sulfonamides is 1. The van der Waals surface area contributed by atoms with Crippen molar-refractivity contribution in [3.63, 3.8) is 0 Å². The number of thiocarbonyl (C=S) groups is 1. The molecule has 0 aromatic rings. The molecule has 1 atom stereocenters.